The zero-order valence-electron chi connectivity index (χ0n) is 14.0. The highest BCUT2D eigenvalue weighted by atomic mass is 19.1. The van der Waals surface area contributed by atoms with Crippen molar-refractivity contribution < 1.29 is 18.7 Å². The first-order valence-electron chi connectivity index (χ1n) is 7.74. The van der Waals surface area contributed by atoms with Crippen LogP contribution in [0.4, 0.5) is 4.39 Å². The summed E-state index contributed by atoms with van der Waals surface area (Å²) in [5.74, 6) is -0.536. The van der Waals surface area contributed by atoms with Crippen LogP contribution in [-0.2, 0) is 14.3 Å². The first-order valence-corrected chi connectivity index (χ1v) is 7.74. The summed E-state index contributed by atoms with van der Waals surface area (Å²) in [4.78, 5) is 26.6. The highest BCUT2D eigenvalue weighted by molar-refractivity contribution is 6.21. The van der Waals surface area contributed by atoms with E-state index >= 15 is 0 Å². The van der Waals surface area contributed by atoms with E-state index in [-0.39, 0.29) is 29.6 Å². The fourth-order valence-corrected chi connectivity index (χ4v) is 2.65. The van der Waals surface area contributed by atoms with Gasteiger partial charge in [-0.3, -0.25) is 14.5 Å². The van der Waals surface area contributed by atoms with Gasteiger partial charge < -0.3 is 4.74 Å². The number of Topliss-reactive ketones (excluding diaryl/α,β-unsaturated/α-hetero) is 1. The molecule has 0 aromatic heterocycles. The number of carbonyl (C=O) groups excluding carboxylic acids is 2. The largest absolute Gasteiger partial charge is 0.477 e. The van der Waals surface area contributed by atoms with Crippen molar-refractivity contribution in [2.24, 2.45) is 0 Å². The number of carbonyl (C=O) groups is 2. The van der Waals surface area contributed by atoms with Crippen molar-refractivity contribution in [2.45, 2.75) is 46.1 Å². The van der Waals surface area contributed by atoms with Gasteiger partial charge in [0.15, 0.2) is 12.5 Å². The van der Waals surface area contributed by atoms with Crippen molar-refractivity contribution in [3.63, 3.8) is 0 Å². The second-order valence-corrected chi connectivity index (χ2v) is 6.15. The van der Waals surface area contributed by atoms with Gasteiger partial charge in [0, 0.05) is 12.0 Å². The number of ketones is 1. The first kappa shape index (κ1) is 17.2. The van der Waals surface area contributed by atoms with Gasteiger partial charge in [-0.05, 0) is 33.3 Å². The molecule has 2 rings (SSSR count). The highest BCUT2D eigenvalue weighted by Gasteiger charge is 2.41. The Morgan fingerprint density at radius 3 is 2.61 bits per heavy atom. The number of amides is 1. The third-order valence-electron chi connectivity index (χ3n) is 4.20. The van der Waals surface area contributed by atoms with Gasteiger partial charge in [-0.15, -0.1) is 0 Å². The fraction of sp³-hybridized carbons (Fsp3) is 0.444. The number of allylic oxidation sites excluding steroid dienone is 1. The molecule has 5 heteroatoms. The molecule has 0 saturated carbocycles. The van der Waals surface area contributed by atoms with Crippen LogP contribution in [0, 0.1) is 5.82 Å². The van der Waals surface area contributed by atoms with E-state index in [1.165, 1.54) is 11.0 Å². The molecule has 0 radical (unpaired) electrons. The summed E-state index contributed by atoms with van der Waals surface area (Å²) in [6.07, 6.45) is 1.09. The molecule has 124 valence electrons. The molecule has 0 N–H and O–H groups in total. The normalized spacial score (nSPS) is 15.7. The Labute approximate surface area is 135 Å². The molecule has 1 aromatic carbocycles. The van der Waals surface area contributed by atoms with Gasteiger partial charge in [0.25, 0.3) is 5.91 Å². The van der Waals surface area contributed by atoms with E-state index in [1.807, 2.05) is 6.92 Å². The average molecular weight is 319 g/mol. The van der Waals surface area contributed by atoms with E-state index in [0.717, 1.165) is 0 Å². The van der Waals surface area contributed by atoms with E-state index in [9.17, 15) is 14.0 Å². The Bertz CT molecular complexity index is 664. The summed E-state index contributed by atoms with van der Waals surface area (Å²) < 4.78 is 19.7. The number of hydrogen-bond donors (Lipinski definition) is 0. The molecule has 0 unspecified atom stereocenters. The lowest BCUT2D eigenvalue weighted by Gasteiger charge is -2.40. The van der Waals surface area contributed by atoms with Gasteiger partial charge in [0.1, 0.15) is 11.6 Å². The quantitative estimate of drug-likeness (QED) is 0.834. The third-order valence-corrected chi connectivity index (χ3v) is 4.20. The van der Waals surface area contributed by atoms with Gasteiger partial charge in [0.05, 0.1) is 11.1 Å². The fourth-order valence-electron chi connectivity index (χ4n) is 2.65. The van der Waals surface area contributed by atoms with Crippen LogP contribution in [0.2, 0.25) is 0 Å². The Morgan fingerprint density at radius 1 is 1.35 bits per heavy atom. The first-order chi connectivity index (χ1) is 10.8. The third kappa shape index (κ3) is 3.14. The van der Waals surface area contributed by atoms with Gasteiger partial charge in [-0.25, -0.2) is 4.39 Å². The number of nitrogens with zero attached hydrogens (tertiary/aromatic N) is 1. The maximum Gasteiger partial charge on any atom is 0.261 e. The molecule has 0 aliphatic carbocycles. The molecule has 4 nitrogen and oxygen atoms in total. The number of rotatable bonds is 5. The van der Waals surface area contributed by atoms with Crippen LogP contribution in [0.15, 0.2) is 30.0 Å². The average Bonchev–Trinajstić information content (AvgIpc) is 2.49. The molecule has 0 spiro atoms. The second kappa shape index (κ2) is 6.52. The molecule has 1 aliphatic heterocycles. The van der Waals surface area contributed by atoms with Crippen molar-refractivity contribution in [3.05, 3.63) is 41.4 Å². The standard InChI is InChI=1S/C18H22FNO3/c1-5-8-15(21)18(3,4)20-11-23-12(2)16(17(20)22)13-9-6-7-10-14(13)19/h6-7,9-10H,5,8,11H2,1-4H3. The van der Waals surface area contributed by atoms with Crippen LogP contribution in [0.5, 0.6) is 0 Å². The van der Waals surface area contributed by atoms with E-state index in [4.69, 9.17) is 4.74 Å². The lowest BCUT2D eigenvalue weighted by molar-refractivity contribution is -0.148. The predicted molar refractivity (Wildman–Crippen MR) is 85.8 cm³/mol. The minimum Gasteiger partial charge on any atom is -0.477 e. The van der Waals surface area contributed by atoms with Gasteiger partial charge >= 0.3 is 0 Å². The van der Waals surface area contributed by atoms with E-state index in [0.29, 0.717) is 18.6 Å². The maximum absolute atomic E-state index is 14.1. The summed E-state index contributed by atoms with van der Waals surface area (Å²) in [5.41, 5.74) is -0.630. The van der Waals surface area contributed by atoms with E-state index < -0.39 is 11.4 Å². The summed E-state index contributed by atoms with van der Waals surface area (Å²) in [5, 5.41) is 0. The smallest absolute Gasteiger partial charge is 0.261 e. The Morgan fingerprint density at radius 2 is 2.00 bits per heavy atom. The second-order valence-electron chi connectivity index (χ2n) is 6.15. The molecule has 0 atom stereocenters. The predicted octanol–water partition coefficient (Wildman–Crippen LogP) is 3.52. The zero-order chi connectivity index (χ0) is 17.2. The molecule has 1 amide bonds. The highest BCUT2D eigenvalue weighted by Crippen LogP contribution is 2.32. The SMILES string of the molecule is CCCC(=O)C(C)(C)N1COC(C)=C(c2ccccc2F)C1=O. The van der Waals surface area contributed by atoms with Crippen LogP contribution in [0.25, 0.3) is 5.57 Å². The lowest BCUT2D eigenvalue weighted by atomic mass is 9.91. The molecular weight excluding hydrogens is 297 g/mol. The summed E-state index contributed by atoms with van der Waals surface area (Å²) >= 11 is 0. The minimum atomic E-state index is -0.996. The molecule has 1 heterocycles. The molecule has 23 heavy (non-hydrogen) atoms. The van der Waals surface area contributed by atoms with Gasteiger partial charge in [-0.2, -0.15) is 0 Å². The van der Waals surface area contributed by atoms with Crippen molar-refractivity contribution in [3.8, 4) is 0 Å². The van der Waals surface area contributed by atoms with Crippen molar-refractivity contribution in [1.29, 1.82) is 0 Å². The molecule has 1 aromatic rings. The topological polar surface area (TPSA) is 46.6 Å². The number of halogens is 1. The van der Waals surface area contributed by atoms with E-state index in [2.05, 4.69) is 0 Å². The van der Waals surface area contributed by atoms with Crippen molar-refractivity contribution in [1.82, 2.24) is 4.90 Å². The van der Waals surface area contributed by atoms with Crippen LogP contribution < -0.4 is 0 Å². The number of hydrogen-bond acceptors (Lipinski definition) is 3. The Hall–Kier alpha value is -2.17. The van der Waals surface area contributed by atoms with Crippen molar-refractivity contribution >= 4 is 17.3 Å². The number of ether oxygens (including phenoxy) is 1. The van der Waals surface area contributed by atoms with Crippen LogP contribution in [0.1, 0.15) is 46.1 Å². The maximum atomic E-state index is 14.1. The Balaban J connectivity index is 2.42. The summed E-state index contributed by atoms with van der Waals surface area (Å²) in [6.45, 7) is 6.94. The van der Waals surface area contributed by atoms with Crippen molar-refractivity contribution in [2.75, 3.05) is 6.73 Å². The minimum absolute atomic E-state index is 0.00886. The lowest BCUT2D eigenvalue weighted by Crippen LogP contribution is -2.55. The molecule has 1 aliphatic rings. The van der Waals surface area contributed by atoms with Gasteiger partial charge in [-0.1, -0.05) is 25.1 Å². The molecular formula is C18H22FNO3. The van der Waals surface area contributed by atoms with Crippen LogP contribution in [-0.4, -0.2) is 28.9 Å². The molecule has 0 bridgehead atoms. The van der Waals surface area contributed by atoms with Crippen LogP contribution in [0.3, 0.4) is 0 Å². The molecule has 0 fully saturated rings. The summed E-state index contributed by atoms with van der Waals surface area (Å²) in [7, 11) is 0. The summed E-state index contributed by atoms with van der Waals surface area (Å²) in [6, 6.07) is 6.07. The molecule has 0 saturated heterocycles. The zero-order valence-corrected chi connectivity index (χ0v) is 14.0. The van der Waals surface area contributed by atoms with Crippen LogP contribution >= 0.6 is 0 Å². The van der Waals surface area contributed by atoms with E-state index in [1.54, 1.807) is 39.0 Å². The van der Waals surface area contributed by atoms with Gasteiger partial charge in [0.2, 0.25) is 0 Å². The monoisotopic (exact) mass is 319 g/mol. The number of benzene rings is 1. The Kier molecular flexibility index (Phi) is 4.88.